The molecule has 0 amide bonds. The highest BCUT2D eigenvalue weighted by molar-refractivity contribution is 5.88. The molecule has 4 heteroatoms. The molecule has 4 nitrogen and oxygen atoms in total. The molecule has 118 valence electrons. The van der Waals surface area contributed by atoms with Gasteiger partial charge in [0.1, 0.15) is 12.4 Å². The van der Waals surface area contributed by atoms with Crippen molar-refractivity contribution >= 4 is 16.7 Å². The lowest BCUT2D eigenvalue weighted by atomic mass is 10.1. The maximum absolute atomic E-state index is 11.8. The van der Waals surface area contributed by atoms with Gasteiger partial charge in [-0.2, -0.15) is 5.26 Å². The summed E-state index contributed by atoms with van der Waals surface area (Å²) in [4.78, 5) is 11.8. The van der Waals surface area contributed by atoms with Crippen LogP contribution < -0.4 is 4.74 Å². The van der Waals surface area contributed by atoms with Crippen molar-refractivity contribution in [1.82, 2.24) is 0 Å². The maximum atomic E-state index is 11.8. The fraction of sp³-hybridized carbons (Fsp3) is 0.100. The Morgan fingerprint density at radius 2 is 1.71 bits per heavy atom. The van der Waals surface area contributed by atoms with Crippen LogP contribution in [0.4, 0.5) is 0 Å². The lowest BCUT2D eigenvalue weighted by molar-refractivity contribution is -0.147. The zero-order chi connectivity index (χ0) is 16.8. The van der Waals surface area contributed by atoms with E-state index in [2.05, 4.69) is 0 Å². The number of carbonyl (C=O) groups excluding carboxylic acids is 1. The van der Waals surface area contributed by atoms with Crippen LogP contribution in [0, 0.1) is 11.3 Å². The summed E-state index contributed by atoms with van der Waals surface area (Å²) < 4.78 is 10.8. The third kappa shape index (κ3) is 3.71. The number of hydrogen-bond acceptors (Lipinski definition) is 4. The second-order valence-electron chi connectivity index (χ2n) is 5.24. The summed E-state index contributed by atoms with van der Waals surface area (Å²) in [6.45, 7) is 0.00766. The van der Waals surface area contributed by atoms with Crippen molar-refractivity contribution in [2.24, 2.45) is 0 Å². The van der Waals surface area contributed by atoms with Gasteiger partial charge < -0.3 is 9.47 Å². The van der Waals surface area contributed by atoms with Crippen LogP contribution in [-0.4, -0.2) is 12.6 Å². The number of esters is 1. The van der Waals surface area contributed by atoms with Gasteiger partial charge in [0.2, 0.25) is 0 Å². The van der Waals surface area contributed by atoms with Gasteiger partial charge in [0.15, 0.2) is 6.61 Å². The summed E-state index contributed by atoms with van der Waals surface area (Å²) >= 11 is 0. The molecule has 0 atom stereocenters. The zero-order valence-electron chi connectivity index (χ0n) is 12.9. The molecule has 3 rings (SSSR count). The van der Waals surface area contributed by atoms with Gasteiger partial charge in [0, 0.05) is 5.39 Å². The molecule has 0 saturated heterocycles. The molecular weight excluding hydrogens is 302 g/mol. The second-order valence-corrected chi connectivity index (χ2v) is 5.24. The average molecular weight is 317 g/mol. The Kier molecular flexibility index (Phi) is 4.73. The van der Waals surface area contributed by atoms with Crippen LogP contribution in [0.3, 0.4) is 0 Å². The first-order chi connectivity index (χ1) is 11.8. The third-order valence-electron chi connectivity index (χ3n) is 3.58. The van der Waals surface area contributed by atoms with Gasteiger partial charge in [0.25, 0.3) is 0 Å². The average Bonchev–Trinajstić information content (AvgIpc) is 2.65. The van der Waals surface area contributed by atoms with E-state index in [-0.39, 0.29) is 13.2 Å². The highest BCUT2D eigenvalue weighted by Gasteiger charge is 2.07. The van der Waals surface area contributed by atoms with Crippen molar-refractivity contribution in [2.45, 2.75) is 6.61 Å². The number of ether oxygens (including phenoxy) is 2. The fourth-order valence-electron chi connectivity index (χ4n) is 2.34. The van der Waals surface area contributed by atoms with E-state index in [4.69, 9.17) is 14.7 Å². The summed E-state index contributed by atoms with van der Waals surface area (Å²) in [7, 11) is 0. The molecule has 0 aliphatic rings. The number of benzene rings is 3. The number of nitrogens with zero attached hydrogens (tertiary/aromatic N) is 1. The molecule has 0 spiro atoms. The monoisotopic (exact) mass is 317 g/mol. The Hall–Kier alpha value is -3.32. The smallest absolute Gasteiger partial charge is 0.344 e. The maximum Gasteiger partial charge on any atom is 0.344 e. The molecule has 0 fully saturated rings. The van der Waals surface area contributed by atoms with E-state index in [1.165, 1.54) is 0 Å². The summed E-state index contributed by atoms with van der Waals surface area (Å²) in [5.74, 6) is 0.218. The zero-order valence-corrected chi connectivity index (χ0v) is 12.9. The second kappa shape index (κ2) is 7.30. The van der Waals surface area contributed by atoms with Crippen molar-refractivity contribution in [2.75, 3.05) is 6.61 Å². The van der Waals surface area contributed by atoms with Crippen LogP contribution in [0.25, 0.3) is 10.8 Å². The van der Waals surface area contributed by atoms with Crippen LogP contribution in [0.5, 0.6) is 5.75 Å². The fourth-order valence-corrected chi connectivity index (χ4v) is 2.34. The molecule has 0 heterocycles. The minimum atomic E-state index is -0.438. The predicted octanol–water partition coefficient (Wildman–Crippen LogP) is 3.83. The number of hydrogen-bond donors (Lipinski definition) is 0. The van der Waals surface area contributed by atoms with Crippen molar-refractivity contribution < 1.29 is 14.3 Å². The highest BCUT2D eigenvalue weighted by Crippen LogP contribution is 2.25. The largest absolute Gasteiger partial charge is 0.481 e. The summed E-state index contributed by atoms with van der Waals surface area (Å²) in [6.07, 6.45) is 0. The Bertz CT molecular complexity index is 889. The van der Waals surface area contributed by atoms with Gasteiger partial charge in [0.05, 0.1) is 11.6 Å². The quantitative estimate of drug-likeness (QED) is 0.671. The SMILES string of the molecule is N#Cc1ccc(COC(=O)COc2cccc3ccccc23)cc1. The first-order valence-corrected chi connectivity index (χ1v) is 7.51. The topological polar surface area (TPSA) is 59.3 Å². The Balaban J connectivity index is 1.56. The lowest BCUT2D eigenvalue weighted by Crippen LogP contribution is -2.14. The molecule has 0 aromatic heterocycles. The summed E-state index contributed by atoms with van der Waals surface area (Å²) in [5.41, 5.74) is 1.40. The molecule has 0 bridgehead atoms. The van der Waals surface area contributed by atoms with Crippen molar-refractivity contribution in [1.29, 1.82) is 5.26 Å². The molecule has 0 N–H and O–H groups in total. The molecule has 0 aliphatic carbocycles. The number of fused-ring (bicyclic) bond motifs is 1. The van der Waals surface area contributed by atoms with Crippen LogP contribution in [0.15, 0.2) is 66.7 Å². The normalized spacial score (nSPS) is 10.1. The van der Waals surface area contributed by atoms with Crippen molar-refractivity contribution in [3.63, 3.8) is 0 Å². The number of carbonyl (C=O) groups is 1. The number of nitriles is 1. The Labute approximate surface area is 139 Å². The third-order valence-corrected chi connectivity index (χ3v) is 3.58. The van der Waals surface area contributed by atoms with Gasteiger partial charge in [-0.15, -0.1) is 0 Å². The Morgan fingerprint density at radius 3 is 2.50 bits per heavy atom. The molecule has 3 aromatic carbocycles. The van der Waals surface area contributed by atoms with Gasteiger partial charge in [-0.25, -0.2) is 4.79 Å². The molecule has 24 heavy (non-hydrogen) atoms. The Morgan fingerprint density at radius 1 is 0.958 bits per heavy atom. The van der Waals surface area contributed by atoms with Gasteiger partial charge in [-0.3, -0.25) is 0 Å². The van der Waals surface area contributed by atoms with Crippen LogP contribution in [0.1, 0.15) is 11.1 Å². The van der Waals surface area contributed by atoms with E-state index in [0.29, 0.717) is 11.3 Å². The molecule has 0 radical (unpaired) electrons. The standard InChI is InChI=1S/C20H15NO3/c21-12-15-8-10-16(11-9-15)13-24-20(22)14-23-19-7-3-5-17-4-1-2-6-18(17)19/h1-11H,13-14H2. The van der Waals surface area contributed by atoms with Gasteiger partial charge >= 0.3 is 5.97 Å². The van der Waals surface area contributed by atoms with E-state index in [0.717, 1.165) is 16.3 Å². The molecule has 0 saturated carbocycles. The van der Waals surface area contributed by atoms with E-state index in [9.17, 15) is 4.79 Å². The summed E-state index contributed by atoms with van der Waals surface area (Å²) in [6, 6.07) is 22.5. The summed E-state index contributed by atoms with van der Waals surface area (Å²) in [5, 5.41) is 10.8. The first kappa shape index (κ1) is 15.6. The molecule has 0 unspecified atom stereocenters. The lowest BCUT2D eigenvalue weighted by Gasteiger charge is -2.09. The minimum absolute atomic E-state index is 0.149. The van der Waals surface area contributed by atoms with E-state index in [1.807, 2.05) is 48.5 Å². The highest BCUT2D eigenvalue weighted by atomic mass is 16.6. The molecule has 3 aromatic rings. The van der Waals surface area contributed by atoms with E-state index < -0.39 is 5.97 Å². The van der Waals surface area contributed by atoms with Gasteiger partial charge in [-0.05, 0) is 29.1 Å². The number of rotatable bonds is 5. The minimum Gasteiger partial charge on any atom is -0.481 e. The van der Waals surface area contributed by atoms with Crippen LogP contribution in [0.2, 0.25) is 0 Å². The van der Waals surface area contributed by atoms with Crippen LogP contribution in [-0.2, 0) is 16.1 Å². The van der Waals surface area contributed by atoms with Gasteiger partial charge in [-0.1, -0.05) is 48.5 Å². The van der Waals surface area contributed by atoms with Crippen molar-refractivity contribution in [3.05, 3.63) is 77.9 Å². The van der Waals surface area contributed by atoms with Crippen LogP contribution >= 0.6 is 0 Å². The first-order valence-electron chi connectivity index (χ1n) is 7.51. The van der Waals surface area contributed by atoms with E-state index >= 15 is 0 Å². The predicted molar refractivity (Wildman–Crippen MR) is 90.4 cm³/mol. The molecular formula is C20H15NO3. The van der Waals surface area contributed by atoms with E-state index in [1.54, 1.807) is 24.3 Å². The van der Waals surface area contributed by atoms with Crippen molar-refractivity contribution in [3.8, 4) is 11.8 Å². The molecule has 0 aliphatic heterocycles.